The number of benzene rings is 3. The number of nitrogens with one attached hydrogen (secondary N) is 3. The van der Waals surface area contributed by atoms with Gasteiger partial charge in [0.25, 0.3) is 5.84 Å². The zero-order valence-electron chi connectivity index (χ0n) is 35.1. The molecule has 9 N–H and O–H groups in total. The Hall–Kier alpha value is -6.02. The van der Waals surface area contributed by atoms with E-state index in [0.717, 1.165) is 54.4 Å². The molecule has 0 radical (unpaired) electrons. The molecule has 4 aromatic rings. The summed E-state index contributed by atoms with van der Waals surface area (Å²) in [6.07, 6.45) is 8.59. The van der Waals surface area contributed by atoms with Crippen molar-refractivity contribution in [3.63, 3.8) is 0 Å². The number of aryl methyl sites for hydroxylation is 3. The van der Waals surface area contributed by atoms with Crippen LogP contribution in [0.4, 0.5) is 0 Å². The van der Waals surface area contributed by atoms with Crippen LogP contribution in [-0.2, 0) is 59.3 Å². The Morgan fingerprint density at radius 1 is 0.710 bits per heavy atom. The van der Waals surface area contributed by atoms with Crippen LogP contribution >= 0.6 is 0 Å². The van der Waals surface area contributed by atoms with Gasteiger partial charge in [-0.1, -0.05) is 66.8 Å². The molecule has 334 valence electrons. The summed E-state index contributed by atoms with van der Waals surface area (Å²) in [5.74, 6) is -1.92. The smallest absolute Gasteiger partial charge is 0.270 e. The molecule has 5 rings (SSSR count). The monoisotopic (exact) mass is 893 g/mol. The van der Waals surface area contributed by atoms with Gasteiger partial charge < -0.3 is 30.8 Å². The lowest BCUT2D eigenvalue weighted by Gasteiger charge is -2.32. The van der Waals surface area contributed by atoms with Crippen LogP contribution in [0.3, 0.4) is 0 Å². The van der Waals surface area contributed by atoms with Crippen LogP contribution in [0, 0.1) is 19.8 Å². The molecule has 1 aromatic heterocycles. The molecule has 0 aliphatic heterocycles. The molecular weight excluding hydrogens is 839 g/mol. The first-order valence-electron chi connectivity index (χ1n) is 19.7. The summed E-state index contributed by atoms with van der Waals surface area (Å²) < 4.78 is 64.2. The van der Waals surface area contributed by atoms with Crippen molar-refractivity contribution in [3.05, 3.63) is 125 Å². The number of carbonyl (C=O) groups excluding carboxylic acids is 4. The second-order valence-corrected chi connectivity index (χ2v) is 17.8. The Labute approximate surface area is 362 Å². The van der Waals surface area contributed by atoms with Gasteiger partial charge in [-0.05, 0) is 80.6 Å². The molecule has 0 saturated heterocycles. The SMILES string of the molecule is CC(=O)N[C@@H](Cc1ccc(C(N)=[NH2+])cc1)C(=O)NC(C(=O)N[C@@H](Cc1ccc[n+](C)c1)C(N)=O)C1CCCCC1.Cc1ccc(S(=O)(=O)[O-])cc1.Cc1ccc(S(=O)(=O)[O-])cc1. The fraction of sp³-hybridized carbons (Fsp3) is 0.349. The molecule has 1 aliphatic carbocycles. The molecule has 0 bridgehead atoms. The maximum Gasteiger partial charge on any atom is 0.270 e. The number of primary amides is 1. The molecule has 1 aliphatic rings. The van der Waals surface area contributed by atoms with Crippen molar-refractivity contribution in [3.8, 4) is 0 Å². The minimum Gasteiger partial charge on any atom is -0.744 e. The van der Waals surface area contributed by atoms with Crippen molar-refractivity contribution in [2.75, 3.05) is 0 Å². The number of rotatable bonds is 14. The largest absolute Gasteiger partial charge is 0.744 e. The van der Waals surface area contributed by atoms with Crippen molar-refractivity contribution in [1.82, 2.24) is 16.0 Å². The number of aromatic nitrogens is 1. The van der Waals surface area contributed by atoms with Gasteiger partial charge >= 0.3 is 0 Å². The Morgan fingerprint density at radius 2 is 1.21 bits per heavy atom. The number of nitrogens with zero attached hydrogens (tertiary/aromatic N) is 1. The summed E-state index contributed by atoms with van der Waals surface area (Å²) in [7, 11) is -6.68. The van der Waals surface area contributed by atoms with Crippen LogP contribution in [-0.4, -0.2) is 73.5 Å². The Bertz CT molecular complexity index is 2310. The van der Waals surface area contributed by atoms with E-state index in [1.807, 2.05) is 50.0 Å². The highest BCUT2D eigenvalue weighted by molar-refractivity contribution is 7.86. The molecule has 17 nitrogen and oxygen atoms in total. The summed E-state index contributed by atoms with van der Waals surface area (Å²) in [4.78, 5) is 51.0. The van der Waals surface area contributed by atoms with Gasteiger partial charge in [0, 0.05) is 31.4 Å². The van der Waals surface area contributed by atoms with E-state index in [0.29, 0.717) is 5.56 Å². The van der Waals surface area contributed by atoms with Crippen molar-refractivity contribution < 1.29 is 55.1 Å². The number of carbonyl (C=O) groups is 4. The molecule has 0 spiro atoms. The van der Waals surface area contributed by atoms with E-state index in [1.54, 1.807) is 48.5 Å². The zero-order chi connectivity index (χ0) is 46.2. The number of hydrogen-bond donors (Lipinski definition) is 6. The van der Waals surface area contributed by atoms with E-state index in [4.69, 9.17) is 16.9 Å². The zero-order valence-corrected chi connectivity index (χ0v) is 36.7. The van der Waals surface area contributed by atoms with Gasteiger partial charge in [0.15, 0.2) is 12.4 Å². The predicted molar refractivity (Wildman–Crippen MR) is 227 cm³/mol. The average molecular weight is 894 g/mol. The van der Waals surface area contributed by atoms with Gasteiger partial charge in [0.2, 0.25) is 23.6 Å². The molecule has 1 fully saturated rings. The first-order chi connectivity index (χ1) is 29.0. The third-order valence-corrected chi connectivity index (χ3v) is 11.5. The van der Waals surface area contributed by atoms with E-state index < -0.39 is 56.1 Å². The van der Waals surface area contributed by atoms with Crippen LogP contribution in [0.15, 0.2) is 107 Å². The molecule has 62 heavy (non-hydrogen) atoms. The topological polar surface area (TPSA) is 300 Å². The fourth-order valence-electron chi connectivity index (χ4n) is 6.54. The lowest BCUT2D eigenvalue weighted by Crippen LogP contribution is -2.59. The minimum absolute atomic E-state index is 0.110. The highest BCUT2D eigenvalue weighted by atomic mass is 32.2. The third kappa shape index (κ3) is 17.2. The first-order valence-corrected chi connectivity index (χ1v) is 22.5. The van der Waals surface area contributed by atoms with E-state index in [2.05, 4.69) is 16.0 Å². The van der Waals surface area contributed by atoms with Crippen LogP contribution in [0.25, 0.3) is 0 Å². The second-order valence-electron chi connectivity index (χ2n) is 15.1. The van der Waals surface area contributed by atoms with Crippen molar-refractivity contribution in [2.45, 2.75) is 93.6 Å². The molecule has 3 atom stereocenters. The lowest BCUT2D eigenvalue weighted by atomic mass is 9.83. The van der Waals surface area contributed by atoms with Crippen LogP contribution in [0.1, 0.15) is 66.8 Å². The molecule has 4 amide bonds. The van der Waals surface area contributed by atoms with Gasteiger partial charge in [-0.3, -0.25) is 30.3 Å². The summed E-state index contributed by atoms with van der Waals surface area (Å²) in [5, 5.41) is 14.0. The van der Waals surface area contributed by atoms with Gasteiger partial charge in [-0.2, -0.15) is 0 Å². The van der Waals surface area contributed by atoms with Gasteiger partial charge in [-0.15, -0.1) is 0 Å². The highest BCUT2D eigenvalue weighted by Crippen LogP contribution is 2.27. The molecule has 1 heterocycles. The fourth-order valence-corrected chi connectivity index (χ4v) is 7.48. The van der Waals surface area contributed by atoms with E-state index in [-0.39, 0.29) is 40.3 Å². The molecule has 1 unspecified atom stereocenters. The van der Waals surface area contributed by atoms with Crippen molar-refractivity contribution in [2.24, 2.45) is 24.4 Å². The van der Waals surface area contributed by atoms with Gasteiger partial charge in [0.05, 0.1) is 15.4 Å². The van der Waals surface area contributed by atoms with E-state index >= 15 is 0 Å². The number of nitrogens with two attached hydrogens (primary N) is 3. The number of hydrogen-bond acceptors (Lipinski definition) is 10. The third-order valence-electron chi connectivity index (χ3n) is 9.84. The second kappa shape index (κ2) is 23.3. The Morgan fingerprint density at radius 3 is 1.65 bits per heavy atom. The normalized spacial score (nSPS) is 14.2. The minimum atomic E-state index is -4.27. The van der Waals surface area contributed by atoms with E-state index in [9.17, 15) is 45.1 Å². The summed E-state index contributed by atoms with van der Waals surface area (Å²) in [6.45, 7) is 4.97. The van der Waals surface area contributed by atoms with Crippen molar-refractivity contribution in [1.29, 1.82) is 0 Å². The van der Waals surface area contributed by atoms with Crippen molar-refractivity contribution >= 4 is 49.7 Å². The molecule has 1 saturated carbocycles. The van der Waals surface area contributed by atoms with E-state index in [1.165, 1.54) is 31.2 Å². The summed E-state index contributed by atoms with van der Waals surface area (Å²) in [5.41, 5.74) is 15.4. The maximum absolute atomic E-state index is 13.6. The highest BCUT2D eigenvalue weighted by Gasteiger charge is 2.35. The maximum atomic E-state index is 13.6. The number of amidine groups is 1. The average Bonchev–Trinajstić information content (AvgIpc) is 3.20. The standard InChI is InChI=1S/C29H39N7O4.2C7H8O3S/c1-18(37)33-24(15-19-10-12-22(13-11-19)26(30)31)28(39)35-25(21-8-4-3-5-9-21)29(40)34-23(27(32)38)16-20-7-6-14-36(2)17-20;2*1-6-2-4-7(5-3-6)11(8,9)10/h6-7,10-14,17,21,23-25H,3-5,8-9,15-16H2,1-2H3,(H7-,30,31,32,33,34,35,37,38,39,40);2*2-5H,1H3,(H,8,9,10)/t23-,24-,25?;;/m0../s1. The van der Waals surface area contributed by atoms with Crippen LogP contribution in [0.2, 0.25) is 0 Å². The first kappa shape index (κ1) is 50.3. The quantitative estimate of drug-likeness (QED) is 0.0427. The predicted octanol–water partition coefficient (Wildman–Crippen LogP) is 0.0988. The lowest BCUT2D eigenvalue weighted by molar-refractivity contribution is -0.671. The summed E-state index contributed by atoms with van der Waals surface area (Å²) in [6, 6.07) is 19.6. The Balaban J connectivity index is 0.000000374. The van der Waals surface area contributed by atoms with Crippen LogP contribution in [0.5, 0.6) is 0 Å². The number of pyridine rings is 1. The molecule has 3 aromatic carbocycles. The summed E-state index contributed by atoms with van der Waals surface area (Å²) >= 11 is 0. The molecule has 19 heteroatoms. The molecular formula is C43H55N7O10S2. The number of amides is 4. The van der Waals surface area contributed by atoms with Gasteiger partial charge in [0.1, 0.15) is 45.4 Å². The van der Waals surface area contributed by atoms with Gasteiger partial charge in [-0.25, -0.2) is 21.4 Å². The Kier molecular flexibility index (Phi) is 18.9. The van der Waals surface area contributed by atoms with Crippen LogP contribution < -0.4 is 37.4 Å².